The molecule has 0 spiro atoms. The lowest BCUT2D eigenvalue weighted by molar-refractivity contribution is 0.186. The van der Waals surface area contributed by atoms with Gasteiger partial charge in [-0.05, 0) is 51.8 Å². The summed E-state index contributed by atoms with van der Waals surface area (Å²) in [5, 5.41) is 13.4. The number of benzene rings is 1. The molecule has 2 rings (SSSR count). The lowest BCUT2D eigenvalue weighted by Gasteiger charge is -2.33. The Hall–Kier alpha value is -1.06. The monoisotopic (exact) mass is 262 g/mol. The Morgan fingerprint density at radius 2 is 1.95 bits per heavy atom. The van der Waals surface area contributed by atoms with Crippen molar-refractivity contribution < 1.29 is 5.11 Å². The summed E-state index contributed by atoms with van der Waals surface area (Å²) in [6, 6.07) is 10.8. The van der Waals surface area contributed by atoms with Crippen molar-refractivity contribution in [1.82, 2.24) is 4.90 Å². The number of para-hydroxylation sites is 1. The first kappa shape index (κ1) is 14.4. The SMILES string of the molecule is CC(C)N1CCCC(CO)(Nc2ccccc2)CC1. The molecule has 106 valence electrons. The first-order chi connectivity index (χ1) is 9.15. The summed E-state index contributed by atoms with van der Waals surface area (Å²) < 4.78 is 0. The average Bonchev–Trinajstić information content (AvgIpc) is 2.63. The molecular formula is C16H26N2O. The van der Waals surface area contributed by atoms with Gasteiger partial charge in [-0.25, -0.2) is 0 Å². The Kier molecular flexibility index (Phi) is 4.83. The minimum Gasteiger partial charge on any atom is -0.394 e. The van der Waals surface area contributed by atoms with Gasteiger partial charge in [-0.3, -0.25) is 0 Å². The number of anilines is 1. The number of rotatable bonds is 4. The van der Waals surface area contributed by atoms with Crippen molar-refractivity contribution in [3.05, 3.63) is 30.3 Å². The van der Waals surface area contributed by atoms with Gasteiger partial charge in [0.2, 0.25) is 0 Å². The van der Waals surface area contributed by atoms with Crippen molar-refractivity contribution in [3.8, 4) is 0 Å². The van der Waals surface area contributed by atoms with Gasteiger partial charge in [-0.15, -0.1) is 0 Å². The van der Waals surface area contributed by atoms with E-state index in [1.165, 1.54) is 0 Å². The van der Waals surface area contributed by atoms with Gasteiger partial charge in [0.05, 0.1) is 12.1 Å². The summed E-state index contributed by atoms with van der Waals surface area (Å²) in [4.78, 5) is 2.50. The van der Waals surface area contributed by atoms with E-state index in [1.54, 1.807) is 0 Å². The molecule has 1 aliphatic heterocycles. The van der Waals surface area contributed by atoms with E-state index in [1.807, 2.05) is 18.2 Å². The number of aliphatic hydroxyl groups is 1. The normalized spacial score (nSPS) is 25.3. The topological polar surface area (TPSA) is 35.5 Å². The molecule has 1 saturated heterocycles. The molecule has 0 aromatic heterocycles. The second-order valence-corrected chi connectivity index (χ2v) is 5.91. The number of nitrogens with zero attached hydrogens (tertiary/aromatic N) is 1. The van der Waals surface area contributed by atoms with Crippen LogP contribution in [0.1, 0.15) is 33.1 Å². The van der Waals surface area contributed by atoms with Crippen LogP contribution < -0.4 is 5.32 Å². The standard InChI is InChI=1S/C16H26N2O/c1-14(2)18-11-6-9-16(13-19,10-12-18)17-15-7-4-3-5-8-15/h3-5,7-8,14,17,19H,6,9-13H2,1-2H3. The van der Waals surface area contributed by atoms with Crippen LogP contribution in [0.2, 0.25) is 0 Å². The second kappa shape index (κ2) is 6.40. The fourth-order valence-electron chi connectivity index (χ4n) is 2.88. The summed E-state index contributed by atoms with van der Waals surface area (Å²) in [5.74, 6) is 0. The molecule has 0 saturated carbocycles. The molecule has 3 heteroatoms. The zero-order chi connectivity index (χ0) is 13.7. The van der Waals surface area contributed by atoms with Crippen molar-refractivity contribution in [2.24, 2.45) is 0 Å². The van der Waals surface area contributed by atoms with Gasteiger partial charge < -0.3 is 15.3 Å². The Morgan fingerprint density at radius 3 is 2.58 bits per heavy atom. The highest BCUT2D eigenvalue weighted by molar-refractivity contribution is 5.45. The van der Waals surface area contributed by atoms with Crippen LogP contribution in [0.3, 0.4) is 0 Å². The van der Waals surface area contributed by atoms with Crippen LogP contribution in [0.4, 0.5) is 5.69 Å². The molecular weight excluding hydrogens is 236 g/mol. The molecule has 1 aromatic rings. The van der Waals surface area contributed by atoms with E-state index in [0.717, 1.165) is 38.0 Å². The first-order valence-electron chi connectivity index (χ1n) is 7.33. The molecule has 1 atom stereocenters. The van der Waals surface area contributed by atoms with Crippen molar-refractivity contribution in [2.45, 2.75) is 44.7 Å². The molecule has 1 heterocycles. The molecule has 0 amide bonds. The first-order valence-corrected chi connectivity index (χ1v) is 7.33. The molecule has 2 N–H and O–H groups in total. The van der Waals surface area contributed by atoms with Crippen molar-refractivity contribution in [2.75, 3.05) is 25.0 Å². The summed E-state index contributed by atoms with van der Waals surface area (Å²) in [7, 11) is 0. The van der Waals surface area contributed by atoms with E-state index in [0.29, 0.717) is 6.04 Å². The zero-order valence-corrected chi connectivity index (χ0v) is 12.1. The fourth-order valence-corrected chi connectivity index (χ4v) is 2.88. The van der Waals surface area contributed by atoms with Crippen molar-refractivity contribution >= 4 is 5.69 Å². The van der Waals surface area contributed by atoms with E-state index >= 15 is 0 Å². The molecule has 1 fully saturated rings. The summed E-state index contributed by atoms with van der Waals surface area (Å²) >= 11 is 0. The maximum Gasteiger partial charge on any atom is 0.0662 e. The van der Waals surface area contributed by atoms with Gasteiger partial charge in [-0.1, -0.05) is 18.2 Å². The Bertz CT molecular complexity index is 380. The van der Waals surface area contributed by atoms with E-state index < -0.39 is 0 Å². The summed E-state index contributed by atoms with van der Waals surface area (Å²) in [5.41, 5.74) is 0.944. The maximum absolute atomic E-state index is 9.87. The number of hydrogen-bond donors (Lipinski definition) is 2. The van der Waals surface area contributed by atoms with Gasteiger partial charge in [-0.2, -0.15) is 0 Å². The number of aliphatic hydroxyl groups excluding tert-OH is 1. The molecule has 19 heavy (non-hydrogen) atoms. The van der Waals surface area contributed by atoms with E-state index in [4.69, 9.17) is 0 Å². The fraction of sp³-hybridized carbons (Fsp3) is 0.625. The highest BCUT2D eigenvalue weighted by Crippen LogP contribution is 2.27. The molecule has 0 radical (unpaired) electrons. The zero-order valence-electron chi connectivity index (χ0n) is 12.1. The maximum atomic E-state index is 9.87. The lowest BCUT2D eigenvalue weighted by atomic mass is 9.91. The van der Waals surface area contributed by atoms with Crippen molar-refractivity contribution in [3.63, 3.8) is 0 Å². The lowest BCUT2D eigenvalue weighted by Crippen LogP contribution is -2.43. The highest BCUT2D eigenvalue weighted by Gasteiger charge is 2.32. The Morgan fingerprint density at radius 1 is 1.21 bits per heavy atom. The minimum atomic E-state index is -0.162. The Balaban J connectivity index is 2.06. The van der Waals surface area contributed by atoms with Gasteiger partial charge >= 0.3 is 0 Å². The van der Waals surface area contributed by atoms with Gasteiger partial charge in [0.15, 0.2) is 0 Å². The molecule has 3 nitrogen and oxygen atoms in total. The quantitative estimate of drug-likeness (QED) is 0.876. The predicted molar refractivity (Wildman–Crippen MR) is 80.4 cm³/mol. The molecule has 0 bridgehead atoms. The van der Waals surface area contributed by atoms with Crippen LogP contribution in [0, 0.1) is 0 Å². The van der Waals surface area contributed by atoms with Gasteiger partial charge in [0, 0.05) is 18.3 Å². The predicted octanol–water partition coefficient (Wildman–Crippen LogP) is 2.72. The minimum absolute atomic E-state index is 0.162. The third kappa shape index (κ3) is 3.71. The van der Waals surface area contributed by atoms with Crippen LogP contribution in [0.25, 0.3) is 0 Å². The molecule has 1 aromatic carbocycles. The van der Waals surface area contributed by atoms with Gasteiger partial charge in [0.25, 0.3) is 0 Å². The number of hydrogen-bond acceptors (Lipinski definition) is 3. The third-order valence-corrected chi connectivity index (χ3v) is 4.19. The van der Waals surface area contributed by atoms with Crippen LogP contribution >= 0.6 is 0 Å². The molecule has 0 aliphatic carbocycles. The van der Waals surface area contributed by atoms with E-state index in [2.05, 4.69) is 36.2 Å². The summed E-state index contributed by atoms with van der Waals surface area (Å²) in [6.45, 7) is 6.88. The van der Waals surface area contributed by atoms with Crippen LogP contribution in [0.15, 0.2) is 30.3 Å². The Labute approximate surface area is 116 Å². The second-order valence-electron chi connectivity index (χ2n) is 5.91. The number of nitrogens with one attached hydrogen (secondary N) is 1. The van der Waals surface area contributed by atoms with Crippen LogP contribution in [0.5, 0.6) is 0 Å². The molecule has 1 aliphatic rings. The number of likely N-dealkylation sites (tertiary alicyclic amines) is 1. The van der Waals surface area contributed by atoms with E-state index in [-0.39, 0.29) is 12.1 Å². The van der Waals surface area contributed by atoms with E-state index in [9.17, 15) is 5.11 Å². The highest BCUT2D eigenvalue weighted by atomic mass is 16.3. The van der Waals surface area contributed by atoms with Gasteiger partial charge in [0.1, 0.15) is 0 Å². The molecule has 1 unspecified atom stereocenters. The largest absolute Gasteiger partial charge is 0.394 e. The van der Waals surface area contributed by atoms with Crippen molar-refractivity contribution in [1.29, 1.82) is 0 Å². The average molecular weight is 262 g/mol. The summed E-state index contributed by atoms with van der Waals surface area (Å²) in [6.07, 6.45) is 3.16. The third-order valence-electron chi connectivity index (χ3n) is 4.19. The van der Waals surface area contributed by atoms with Crippen LogP contribution in [-0.2, 0) is 0 Å². The van der Waals surface area contributed by atoms with Crippen LogP contribution in [-0.4, -0.2) is 41.3 Å². The smallest absolute Gasteiger partial charge is 0.0662 e.